The van der Waals surface area contributed by atoms with E-state index in [1.165, 1.54) is 0 Å². The van der Waals surface area contributed by atoms with Gasteiger partial charge < -0.3 is 14.5 Å². The highest BCUT2D eigenvalue weighted by atomic mass is 35.5. The summed E-state index contributed by atoms with van der Waals surface area (Å²) in [6, 6.07) is 19.5. The molecule has 1 N–H and O–H groups in total. The number of fused-ring (bicyclic) bond motifs is 1. The molecule has 0 aliphatic carbocycles. The Morgan fingerprint density at radius 3 is 2.42 bits per heavy atom. The Morgan fingerprint density at radius 2 is 1.69 bits per heavy atom. The smallest absolute Gasteiger partial charge is 0.210 e. The highest BCUT2D eigenvalue weighted by Gasteiger charge is 2.29. The molecule has 5 nitrogen and oxygen atoms in total. The molecule has 8 heteroatoms. The molecule has 1 heterocycles. The van der Waals surface area contributed by atoms with E-state index in [0.717, 1.165) is 31.5 Å². The maximum absolute atomic E-state index is 13.5. The van der Waals surface area contributed by atoms with Crippen molar-refractivity contribution in [1.29, 1.82) is 0 Å². The van der Waals surface area contributed by atoms with Crippen molar-refractivity contribution >= 4 is 44.0 Å². The van der Waals surface area contributed by atoms with Crippen LogP contribution in [0.4, 0.5) is 0 Å². The Kier molecular flexibility index (Phi) is 8.62. The fourth-order valence-corrected chi connectivity index (χ4v) is 6.02. The van der Waals surface area contributed by atoms with E-state index in [4.69, 9.17) is 32.4 Å². The van der Waals surface area contributed by atoms with Crippen LogP contribution >= 0.6 is 23.2 Å². The predicted molar refractivity (Wildman–Crippen MR) is 145 cm³/mol. The molecule has 3 aromatic carbocycles. The summed E-state index contributed by atoms with van der Waals surface area (Å²) in [4.78, 5) is 0.459. The second-order valence-corrected chi connectivity index (χ2v) is 11.6. The van der Waals surface area contributed by atoms with Gasteiger partial charge in [0.05, 0.1) is 21.5 Å². The van der Waals surface area contributed by atoms with Crippen LogP contribution in [0.3, 0.4) is 0 Å². The van der Waals surface area contributed by atoms with Gasteiger partial charge in [-0.1, -0.05) is 55.2 Å². The lowest BCUT2D eigenvalue weighted by Crippen LogP contribution is -2.20. The molecule has 4 rings (SSSR count). The highest BCUT2D eigenvalue weighted by Crippen LogP contribution is 2.37. The van der Waals surface area contributed by atoms with Crippen molar-refractivity contribution in [3.63, 3.8) is 0 Å². The molecule has 0 amide bonds. The monoisotopic (exact) mass is 545 g/mol. The summed E-state index contributed by atoms with van der Waals surface area (Å²) in [5.41, 5.74) is 1.71. The number of hydrogen-bond acceptors (Lipinski definition) is 5. The van der Waals surface area contributed by atoms with Crippen LogP contribution in [0.1, 0.15) is 37.5 Å². The Bertz CT molecular complexity index is 1430. The van der Waals surface area contributed by atoms with E-state index in [1.807, 2.05) is 44.2 Å². The normalized spacial score (nSPS) is 11.9. The predicted octanol–water partition coefficient (Wildman–Crippen LogP) is 7.30. The van der Waals surface area contributed by atoms with Crippen LogP contribution in [0.25, 0.3) is 11.0 Å². The van der Waals surface area contributed by atoms with E-state index in [-0.39, 0.29) is 15.7 Å². The van der Waals surface area contributed by atoms with E-state index in [0.29, 0.717) is 39.1 Å². The van der Waals surface area contributed by atoms with Crippen molar-refractivity contribution in [2.45, 2.75) is 42.4 Å². The maximum Gasteiger partial charge on any atom is 0.210 e. The lowest BCUT2D eigenvalue weighted by molar-refractivity contribution is 0.308. The first-order valence-corrected chi connectivity index (χ1v) is 14.2. The molecule has 0 radical (unpaired) electrons. The molecule has 190 valence electrons. The number of ether oxygens (including phenoxy) is 1. The fourth-order valence-electron chi connectivity index (χ4n) is 3.97. The van der Waals surface area contributed by atoms with Gasteiger partial charge in [-0.25, -0.2) is 8.42 Å². The van der Waals surface area contributed by atoms with Crippen LogP contribution in [0, 0.1) is 0 Å². The molecule has 0 unspecified atom stereocenters. The van der Waals surface area contributed by atoms with Gasteiger partial charge in [-0.3, -0.25) is 0 Å². The van der Waals surface area contributed by atoms with Crippen LogP contribution < -0.4 is 10.1 Å². The van der Waals surface area contributed by atoms with Crippen LogP contribution in [-0.4, -0.2) is 28.1 Å². The zero-order valence-electron chi connectivity index (χ0n) is 20.3. The summed E-state index contributed by atoms with van der Waals surface area (Å²) in [6.07, 6.45) is 1.68. The second-order valence-electron chi connectivity index (χ2n) is 8.87. The van der Waals surface area contributed by atoms with E-state index in [9.17, 15) is 8.42 Å². The number of para-hydroxylation sites is 1. The molecule has 0 saturated carbocycles. The molecule has 0 atom stereocenters. The van der Waals surface area contributed by atoms with Crippen molar-refractivity contribution in [1.82, 2.24) is 5.32 Å². The van der Waals surface area contributed by atoms with Gasteiger partial charge in [-0.05, 0) is 80.0 Å². The van der Waals surface area contributed by atoms with E-state index in [2.05, 4.69) is 5.32 Å². The second kappa shape index (κ2) is 11.7. The summed E-state index contributed by atoms with van der Waals surface area (Å²) < 4.78 is 38.7. The minimum atomic E-state index is -3.75. The zero-order valence-corrected chi connectivity index (χ0v) is 22.6. The molecule has 0 saturated heterocycles. The number of benzene rings is 3. The van der Waals surface area contributed by atoms with Crippen molar-refractivity contribution in [3.8, 4) is 5.75 Å². The minimum Gasteiger partial charge on any atom is -0.494 e. The lowest BCUT2D eigenvalue weighted by atomic mass is 10.1. The molecule has 36 heavy (non-hydrogen) atoms. The molecule has 0 aliphatic rings. The lowest BCUT2D eigenvalue weighted by Gasteiger charge is -2.10. The third kappa shape index (κ3) is 6.06. The number of nitrogens with one attached hydrogen (secondary N) is 1. The molecular formula is C28H29Cl2NO4S. The molecule has 1 aromatic heterocycles. The van der Waals surface area contributed by atoms with Gasteiger partial charge in [-0.2, -0.15) is 0 Å². The average Bonchev–Trinajstić information content (AvgIpc) is 3.27. The van der Waals surface area contributed by atoms with E-state index in [1.54, 1.807) is 36.4 Å². The first-order valence-electron chi connectivity index (χ1n) is 11.9. The van der Waals surface area contributed by atoms with Crippen molar-refractivity contribution < 1.29 is 17.6 Å². The molecule has 0 bridgehead atoms. The topological polar surface area (TPSA) is 68.5 Å². The van der Waals surface area contributed by atoms with E-state index >= 15 is 0 Å². The maximum atomic E-state index is 13.5. The summed E-state index contributed by atoms with van der Waals surface area (Å²) in [5, 5.41) is 5.12. The van der Waals surface area contributed by atoms with Gasteiger partial charge >= 0.3 is 0 Å². The van der Waals surface area contributed by atoms with Crippen molar-refractivity contribution in [2.24, 2.45) is 0 Å². The third-order valence-corrected chi connectivity index (χ3v) is 8.43. The zero-order chi connectivity index (χ0) is 25.7. The summed E-state index contributed by atoms with van der Waals surface area (Å²) in [7, 11) is -3.75. The molecular weight excluding hydrogens is 517 g/mol. The summed E-state index contributed by atoms with van der Waals surface area (Å²) >= 11 is 12.0. The average molecular weight is 547 g/mol. The molecule has 0 aliphatic heterocycles. The van der Waals surface area contributed by atoms with Gasteiger partial charge in [-0.15, -0.1) is 0 Å². The Balaban J connectivity index is 1.30. The van der Waals surface area contributed by atoms with Gasteiger partial charge in [0.15, 0.2) is 0 Å². The number of furan rings is 1. The largest absolute Gasteiger partial charge is 0.494 e. The fraction of sp³-hybridized carbons (Fsp3) is 0.286. The number of rotatable bonds is 11. The van der Waals surface area contributed by atoms with E-state index < -0.39 is 9.84 Å². The van der Waals surface area contributed by atoms with Crippen LogP contribution in [0.5, 0.6) is 5.75 Å². The van der Waals surface area contributed by atoms with Crippen molar-refractivity contribution in [3.05, 3.63) is 88.1 Å². The number of halogens is 2. The first kappa shape index (κ1) is 26.6. The van der Waals surface area contributed by atoms with Gasteiger partial charge in [0.25, 0.3) is 0 Å². The standard InChI is InChI=1S/C28H29Cl2NO4S/c1-19(2)27-28(23-6-3-4-7-26(23)35-27)36(32,33)22-11-9-21(10-12-22)34-17-5-15-31-16-14-20-8-13-24(29)25(30)18-20/h3-4,6-13,18-19,31H,5,14-17H2,1-2H3. The third-order valence-electron chi connectivity index (χ3n) is 5.84. The number of hydrogen-bond donors (Lipinski definition) is 1. The highest BCUT2D eigenvalue weighted by molar-refractivity contribution is 7.91. The van der Waals surface area contributed by atoms with Gasteiger partial charge in [0, 0.05) is 11.3 Å². The Labute approximate surface area is 222 Å². The van der Waals surface area contributed by atoms with Gasteiger partial charge in [0.2, 0.25) is 9.84 Å². The van der Waals surface area contributed by atoms with Gasteiger partial charge in [0.1, 0.15) is 22.0 Å². The quantitative estimate of drug-likeness (QED) is 0.200. The van der Waals surface area contributed by atoms with Crippen molar-refractivity contribution in [2.75, 3.05) is 19.7 Å². The van der Waals surface area contributed by atoms with Crippen LogP contribution in [0.15, 0.2) is 80.9 Å². The van der Waals surface area contributed by atoms with Crippen LogP contribution in [0.2, 0.25) is 10.0 Å². The Hall–Kier alpha value is -2.51. The summed E-state index contributed by atoms with van der Waals surface area (Å²) in [6.45, 7) is 6.01. The minimum absolute atomic E-state index is 0.0672. The summed E-state index contributed by atoms with van der Waals surface area (Å²) in [5.74, 6) is 1.04. The SMILES string of the molecule is CC(C)c1oc2ccccc2c1S(=O)(=O)c1ccc(OCCCNCCc2ccc(Cl)c(Cl)c2)cc1. The number of sulfone groups is 1. The first-order chi connectivity index (χ1) is 17.3. The Morgan fingerprint density at radius 1 is 0.944 bits per heavy atom. The molecule has 4 aromatic rings. The molecule has 0 spiro atoms. The van der Waals surface area contributed by atoms with Crippen LogP contribution in [-0.2, 0) is 16.3 Å². The molecule has 0 fully saturated rings.